The summed E-state index contributed by atoms with van der Waals surface area (Å²) in [7, 11) is 0. The highest BCUT2D eigenvalue weighted by atomic mass is 16.5. The molecular weight excluding hydrogens is 254 g/mol. The number of rotatable bonds is 4. The van der Waals surface area contributed by atoms with Crippen LogP contribution in [0.4, 0.5) is 5.82 Å². The van der Waals surface area contributed by atoms with Gasteiger partial charge in [0.05, 0.1) is 36.4 Å². The summed E-state index contributed by atoms with van der Waals surface area (Å²) in [4.78, 5) is 17.1. The molecule has 0 amide bonds. The van der Waals surface area contributed by atoms with Crippen LogP contribution in [0.1, 0.15) is 29.4 Å². The molecule has 1 fully saturated rings. The highest BCUT2D eigenvalue weighted by molar-refractivity contribution is 5.36. The molecule has 0 aliphatic carbocycles. The monoisotopic (exact) mass is 271 g/mol. The molecule has 1 N–H and O–H groups in total. The van der Waals surface area contributed by atoms with E-state index in [0.717, 1.165) is 42.5 Å². The first-order valence-electron chi connectivity index (χ1n) is 6.72. The van der Waals surface area contributed by atoms with Gasteiger partial charge in [-0.15, -0.1) is 0 Å². The Hall–Kier alpha value is -2.08. The molecule has 2 aromatic rings. The quantitative estimate of drug-likeness (QED) is 0.912. The van der Waals surface area contributed by atoms with E-state index in [2.05, 4.69) is 25.3 Å². The molecule has 6 nitrogen and oxygen atoms in total. The standard InChI is InChI=1S/C14H17N5O/c1-10-5-16-12(6-15-10)7-17-14-4-13(18-9-19-14)11-2-3-20-8-11/h4-6,9,11H,2-3,7-8H2,1H3,(H,17,18,19)/t11-/m1/s1. The zero-order valence-electron chi connectivity index (χ0n) is 11.4. The molecular formula is C14H17N5O. The summed E-state index contributed by atoms with van der Waals surface area (Å²) >= 11 is 0. The van der Waals surface area contributed by atoms with Crippen LogP contribution in [0.25, 0.3) is 0 Å². The minimum absolute atomic E-state index is 0.387. The van der Waals surface area contributed by atoms with Crippen LogP contribution >= 0.6 is 0 Å². The Bertz CT molecular complexity index is 566. The van der Waals surface area contributed by atoms with Crippen LogP contribution in [0.15, 0.2) is 24.8 Å². The SMILES string of the molecule is Cc1cnc(CNc2cc([C@@H]3CCOC3)ncn2)cn1. The van der Waals surface area contributed by atoms with Gasteiger partial charge in [0.25, 0.3) is 0 Å². The van der Waals surface area contributed by atoms with Crippen molar-refractivity contribution in [1.29, 1.82) is 0 Å². The summed E-state index contributed by atoms with van der Waals surface area (Å²) in [6.07, 6.45) is 6.16. The summed E-state index contributed by atoms with van der Waals surface area (Å²) < 4.78 is 5.39. The highest BCUT2D eigenvalue weighted by Gasteiger charge is 2.19. The van der Waals surface area contributed by atoms with Gasteiger partial charge >= 0.3 is 0 Å². The van der Waals surface area contributed by atoms with Crippen LogP contribution < -0.4 is 5.32 Å². The van der Waals surface area contributed by atoms with Crippen LogP contribution in [0.5, 0.6) is 0 Å². The van der Waals surface area contributed by atoms with E-state index in [0.29, 0.717) is 12.5 Å². The van der Waals surface area contributed by atoms with Crippen molar-refractivity contribution in [1.82, 2.24) is 19.9 Å². The van der Waals surface area contributed by atoms with Gasteiger partial charge in [0.1, 0.15) is 12.1 Å². The molecule has 0 spiro atoms. The fraction of sp³-hybridized carbons (Fsp3) is 0.429. The topological polar surface area (TPSA) is 72.8 Å². The average molecular weight is 271 g/mol. The first kappa shape index (κ1) is 12.9. The molecule has 1 atom stereocenters. The van der Waals surface area contributed by atoms with Crippen LogP contribution in [0.2, 0.25) is 0 Å². The van der Waals surface area contributed by atoms with Crippen molar-refractivity contribution >= 4 is 5.82 Å². The van der Waals surface area contributed by atoms with Crippen molar-refractivity contribution in [2.45, 2.75) is 25.8 Å². The fourth-order valence-electron chi connectivity index (χ4n) is 2.15. The van der Waals surface area contributed by atoms with Gasteiger partial charge in [-0.25, -0.2) is 9.97 Å². The minimum Gasteiger partial charge on any atom is -0.381 e. The predicted molar refractivity (Wildman–Crippen MR) is 74.3 cm³/mol. The third-order valence-electron chi connectivity index (χ3n) is 3.32. The summed E-state index contributed by atoms with van der Waals surface area (Å²) in [5.41, 5.74) is 2.84. The molecule has 6 heteroatoms. The Morgan fingerprint density at radius 2 is 2.20 bits per heavy atom. The summed E-state index contributed by atoms with van der Waals surface area (Å²) in [5, 5.41) is 3.25. The molecule has 1 aliphatic heterocycles. The van der Waals surface area contributed by atoms with E-state index in [1.54, 1.807) is 18.7 Å². The number of anilines is 1. The fourth-order valence-corrected chi connectivity index (χ4v) is 2.15. The zero-order valence-corrected chi connectivity index (χ0v) is 11.4. The van der Waals surface area contributed by atoms with Crippen molar-refractivity contribution in [2.24, 2.45) is 0 Å². The van der Waals surface area contributed by atoms with Gasteiger partial charge in [0.15, 0.2) is 0 Å². The Morgan fingerprint density at radius 1 is 1.25 bits per heavy atom. The van der Waals surface area contributed by atoms with Crippen molar-refractivity contribution in [3.8, 4) is 0 Å². The average Bonchev–Trinajstić information content (AvgIpc) is 3.01. The van der Waals surface area contributed by atoms with E-state index in [1.165, 1.54) is 0 Å². The number of nitrogens with zero attached hydrogens (tertiary/aromatic N) is 4. The number of hydrogen-bond acceptors (Lipinski definition) is 6. The molecule has 1 saturated heterocycles. The van der Waals surface area contributed by atoms with E-state index in [1.807, 2.05) is 13.0 Å². The smallest absolute Gasteiger partial charge is 0.129 e. The van der Waals surface area contributed by atoms with Crippen molar-refractivity contribution in [3.05, 3.63) is 41.9 Å². The van der Waals surface area contributed by atoms with Gasteiger partial charge in [-0.1, -0.05) is 0 Å². The van der Waals surface area contributed by atoms with Crippen LogP contribution in [0, 0.1) is 6.92 Å². The first-order chi connectivity index (χ1) is 9.81. The molecule has 0 aromatic carbocycles. The van der Waals surface area contributed by atoms with Gasteiger partial charge in [-0.2, -0.15) is 0 Å². The number of nitrogens with one attached hydrogen (secondary N) is 1. The molecule has 2 aromatic heterocycles. The lowest BCUT2D eigenvalue weighted by Gasteiger charge is -2.09. The van der Waals surface area contributed by atoms with E-state index in [9.17, 15) is 0 Å². The Labute approximate surface area is 117 Å². The first-order valence-corrected chi connectivity index (χ1v) is 6.72. The summed E-state index contributed by atoms with van der Waals surface area (Å²) in [6, 6.07) is 1.99. The molecule has 0 unspecified atom stereocenters. The Morgan fingerprint density at radius 3 is 2.95 bits per heavy atom. The van der Waals surface area contributed by atoms with Gasteiger partial charge in [-0.05, 0) is 13.3 Å². The lowest BCUT2D eigenvalue weighted by atomic mass is 10.1. The molecule has 3 heterocycles. The number of aromatic nitrogens is 4. The minimum atomic E-state index is 0.387. The lowest BCUT2D eigenvalue weighted by Crippen LogP contribution is -2.07. The Kier molecular flexibility index (Phi) is 3.83. The van der Waals surface area contributed by atoms with Gasteiger partial charge in [0.2, 0.25) is 0 Å². The molecule has 0 bridgehead atoms. The van der Waals surface area contributed by atoms with Crippen LogP contribution in [0.3, 0.4) is 0 Å². The molecule has 104 valence electrons. The molecule has 1 aliphatic rings. The summed E-state index contributed by atoms with van der Waals surface area (Å²) in [5.74, 6) is 1.20. The maximum atomic E-state index is 5.39. The van der Waals surface area contributed by atoms with Crippen LogP contribution in [-0.4, -0.2) is 33.1 Å². The largest absolute Gasteiger partial charge is 0.381 e. The third-order valence-corrected chi connectivity index (χ3v) is 3.32. The second-order valence-electron chi connectivity index (χ2n) is 4.89. The maximum Gasteiger partial charge on any atom is 0.129 e. The van der Waals surface area contributed by atoms with Crippen molar-refractivity contribution in [2.75, 3.05) is 18.5 Å². The highest BCUT2D eigenvalue weighted by Crippen LogP contribution is 2.24. The lowest BCUT2D eigenvalue weighted by molar-refractivity contribution is 0.193. The Balaban J connectivity index is 1.65. The van der Waals surface area contributed by atoms with Crippen molar-refractivity contribution < 1.29 is 4.74 Å². The molecule has 20 heavy (non-hydrogen) atoms. The van der Waals surface area contributed by atoms with E-state index >= 15 is 0 Å². The normalized spacial score (nSPS) is 18.1. The van der Waals surface area contributed by atoms with E-state index in [-0.39, 0.29) is 0 Å². The maximum absolute atomic E-state index is 5.39. The predicted octanol–water partition coefficient (Wildman–Crippen LogP) is 1.69. The van der Waals surface area contributed by atoms with Gasteiger partial charge in [-0.3, -0.25) is 9.97 Å². The van der Waals surface area contributed by atoms with E-state index in [4.69, 9.17) is 4.74 Å². The second-order valence-corrected chi connectivity index (χ2v) is 4.89. The zero-order chi connectivity index (χ0) is 13.8. The number of aryl methyl sites for hydroxylation is 1. The van der Waals surface area contributed by atoms with Crippen molar-refractivity contribution in [3.63, 3.8) is 0 Å². The van der Waals surface area contributed by atoms with Crippen LogP contribution in [-0.2, 0) is 11.3 Å². The number of ether oxygens (including phenoxy) is 1. The molecule has 0 saturated carbocycles. The van der Waals surface area contributed by atoms with Gasteiger partial charge < -0.3 is 10.1 Å². The molecule has 0 radical (unpaired) electrons. The van der Waals surface area contributed by atoms with Gasteiger partial charge in [0, 0.05) is 24.8 Å². The van der Waals surface area contributed by atoms with E-state index < -0.39 is 0 Å². The third kappa shape index (κ3) is 3.08. The number of hydrogen-bond donors (Lipinski definition) is 1. The summed E-state index contributed by atoms with van der Waals surface area (Å²) in [6.45, 7) is 4.09. The second kappa shape index (κ2) is 5.92. The molecule has 3 rings (SSSR count).